The molecule has 2 aromatic rings. The third-order valence-electron chi connectivity index (χ3n) is 2.58. The van der Waals surface area contributed by atoms with Gasteiger partial charge in [-0.3, -0.25) is 4.79 Å². The molecule has 0 aliphatic carbocycles. The summed E-state index contributed by atoms with van der Waals surface area (Å²) in [4.78, 5) is 12.2. The van der Waals surface area contributed by atoms with Gasteiger partial charge in [-0.05, 0) is 29.1 Å². The van der Waals surface area contributed by atoms with Gasteiger partial charge in [0.2, 0.25) is 5.91 Å². The number of hydrogen-bond acceptors (Lipinski definition) is 3. The number of halogens is 1. The van der Waals surface area contributed by atoms with Crippen molar-refractivity contribution in [2.24, 2.45) is 0 Å². The van der Waals surface area contributed by atoms with Gasteiger partial charge in [0.1, 0.15) is 0 Å². The second-order valence-electron chi connectivity index (χ2n) is 4.17. The van der Waals surface area contributed by atoms with Crippen molar-refractivity contribution >= 4 is 34.5 Å². The first kappa shape index (κ1) is 14.1. The van der Waals surface area contributed by atoms with E-state index in [9.17, 15) is 4.79 Å². The average molecular weight is 295 g/mol. The van der Waals surface area contributed by atoms with Gasteiger partial charge in [-0.1, -0.05) is 23.7 Å². The molecule has 1 aromatic carbocycles. The van der Waals surface area contributed by atoms with Crippen LogP contribution in [-0.4, -0.2) is 5.91 Å². The maximum atomic E-state index is 11.1. The molecule has 0 spiro atoms. The number of nitrogens with one attached hydrogen (secondary N) is 2. The van der Waals surface area contributed by atoms with Crippen molar-refractivity contribution in [3.8, 4) is 0 Å². The number of anilines is 1. The second-order valence-corrected chi connectivity index (χ2v) is 5.61. The highest BCUT2D eigenvalue weighted by Gasteiger charge is 2.05. The lowest BCUT2D eigenvalue weighted by molar-refractivity contribution is -0.114. The minimum absolute atomic E-state index is 0.0441. The number of carbonyl (C=O) groups excluding carboxylic acids is 1. The van der Waals surface area contributed by atoms with Crippen LogP contribution in [-0.2, 0) is 17.9 Å². The first-order chi connectivity index (χ1) is 9.15. The quantitative estimate of drug-likeness (QED) is 0.884. The molecule has 1 aromatic heterocycles. The zero-order valence-electron chi connectivity index (χ0n) is 10.6. The van der Waals surface area contributed by atoms with Gasteiger partial charge in [-0.25, -0.2) is 0 Å². The minimum Gasteiger partial charge on any atom is -0.325 e. The number of thiophene rings is 1. The van der Waals surface area contributed by atoms with Crippen LogP contribution in [0.5, 0.6) is 0 Å². The molecule has 0 aliphatic heterocycles. The van der Waals surface area contributed by atoms with Gasteiger partial charge in [0.15, 0.2) is 0 Å². The number of hydrogen-bond donors (Lipinski definition) is 2. The van der Waals surface area contributed by atoms with E-state index >= 15 is 0 Å². The summed E-state index contributed by atoms with van der Waals surface area (Å²) < 4.78 is 0. The Morgan fingerprint density at radius 3 is 2.63 bits per heavy atom. The van der Waals surface area contributed by atoms with Crippen LogP contribution in [0, 0.1) is 0 Å². The topological polar surface area (TPSA) is 41.1 Å². The van der Waals surface area contributed by atoms with Crippen LogP contribution in [0.25, 0.3) is 0 Å². The van der Waals surface area contributed by atoms with Gasteiger partial charge >= 0.3 is 0 Å². The van der Waals surface area contributed by atoms with E-state index in [-0.39, 0.29) is 5.91 Å². The number of benzene rings is 1. The normalized spacial score (nSPS) is 10.4. The van der Waals surface area contributed by atoms with E-state index < -0.39 is 0 Å². The van der Waals surface area contributed by atoms with Crippen molar-refractivity contribution < 1.29 is 4.79 Å². The molecule has 0 radical (unpaired) electrons. The molecule has 1 amide bonds. The summed E-state index contributed by atoms with van der Waals surface area (Å²) >= 11 is 7.47. The molecule has 19 heavy (non-hydrogen) atoms. The van der Waals surface area contributed by atoms with Crippen LogP contribution in [0.3, 0.4) is 0 Å². The van der Waals surface area contributed by atoms with Crippen LogP contribution < -0.4 is 10.6 Å². The Labute approximate surface area is 121 Å². The van der Waals surface area contributed by atoms with Crippen molar-refractivity contribution in [2.45, 2.75) is 20.0 Å². The van der Waals surface area contributed by atoms with E-state index in [0.29, 0.717) is 0 Å². The van der Waals surface area contributed by atoms with Crippen molar-refractivity contribution in [3.05, 3.63) is 51.2 Å². The van der Waals surface area contributed by atoms with Crippen LogP contribution in [0.4, 0.5) is 5.69 Å². The monoisotopic (exact) mass is 294 g/mol. The Kier molecular flexibility index (Phi) is 4.96. The Morgan fingerprint density at radius 2 is 1.95 bits per heavy atom. The van der Waals surface area contributed by atoms with Gasteiger partial charge in [-0.15, -0.1) is 11.3 Å². The van der Waals surface area contributed by atoms with E-state index in [2.05, 4.69) is 10.6 Å². The molecule has 0 atom stereocenters. The third kappa shape index (κ3) is 4.35. The lowest BCUT2D eigenvalue weighted by atomic mass is 10.2. The van der Waals surface area contributed by atoms with Gasteiger partial charge in [0, 0.05) is 29.9 Å². The van der Waals surface area contributed by atoms with Gasteiger partial charge in [0.25, 0.3) is 0 Å². The minimum atomic E-state index is -0.0441. The van der Waals surface area contributed by atoms with Crippen molar-refractivity contribution in [1.29, 1.82) is 0 Å². The van der Waals surface area contributed by atoms with Crippen molar-refractivity contribution in [3.63, 3.8) is 0 Å². The molecule has 5 heteroatoms. The van der Waals surface area contributed by atoms with Crippen LogP contribution >= 0.6 is 22.9 Å². The number of carbonyl (C=O) groups is 1. The highest BCUT2D eigenvalue weighted by molar-refractivity contribution is 7.10. The standard InChI is InChI=1S/C14H15ClN2OS/c1-10(18)17-13-6-7-19-14(13)9-16-8-11-2-4-12(15)5-3-11/h2-7,16H,8-9H2,1H3,(H,17,18). The lowest BCUT2D eigenvalue weighted by Gasteiger charge is -2.06. The van der Waals surface area contributed by atoms with Gasteiger partial charge in [0.05, 0.1) is 5.69 Å². The fraction of sp³-hybridized carbons (Fsp3) is 0.214. The Balaban J connectivity index is 1.87. The molecule has 2 rings (SSSR count). The SMILES string of the molecule is CC(=O)Nc1ccsc1CNCc1ccc(Cl)cc1. The smallest absolute Gasteiger partial charge is 0.221 e. The third-order valence-corrected chi connectivity index (χ3v) is 3.76. The molecule has 0 bridgehead atoms. The molecular weight excluding hydrogens is 280 g/mol. The molecule has 3 nitrogen and oxygen atoms in total. The molecular formula is C14H15ClN2OS. The van der Waals surface area contributed by atoms with Crippen LogP contribution in [0.2, 0.25) is 5.02 Å². The van der Waals surface area contributed by atoms with Crippen LogP contribution in [0.1, 0.15) is 17.4 Å². The zero-order valence-corrected chi connectivity index (χ0v) is 12.1. The van der Waals surface area contributed by atoms with E-state index in [1.165, 1.54) is 12.5 Å². The van der Waals surface area contributed by atoms with E-state index in [1.54, 1.807) is 11.3 Å². The summed E-state index contributed by atoms with van der Waals surface area (Å²) in [6.45, 7) is 3.02. The average Bonchev–Trinajstić information content (AvgIpc) is 2.78. The summed E-state index contributed by atoms with van der Waals surface area (Å²) in [6.07, 6.45) is 0. The highest BCUT2D eigenvalue weighted by atomic mass is 35.5. The van der Waals surface area contributed by atoms with E-state index in [0.717, 1.165) is 28.7 Å². The summed E-state index contributed by atoms with van der Waals surface area (Å²) in [7, 11) is 0. The van der Waals surface area contributed by atoms with E-state index in [1.807, 2.05) is 35.7 Å². The van der Waals surface area contributed by atoms with E-state index in [4.69, 9.17) is 11.6 Å². The van der Waals surface area contributed by atoms with Gasteiger partial charge in [-0.2, -0.15) is 0 Å². The summed E-state index contributed by atoms with van der Waals surface area (Å²) in [5, 5.41) is 8.90. The maximum absolute atomic E-state index is 11.1. The molecule has 1 heterocycles. The Morgan fingerprint density at radius 1 is 1.21 bits per heavy atom. The van der Waals surface area contributed by atoms with Crippen molar-refractivity contribution in [2.75, 3.05) is 5.32 Å². The van der Waals surface area contributed by atoms with Crippen molar-refractivity contribution in [1.82, 2.24) is 5.32 Å². The summed E-state index contributed by atoms with van der Waals surface area (Å²) in [5.41, 5.74) is 2.07. The fourth-order valence-corrected chi connectivity index (χ4v) is 2.63. The zero-order chi connectivity index (χ0) is 13.7. The maximum Gasteiger partial charge on any atom is 0.221 e. The molecule has 0 fully saturated rings. The van der Waals surface area contributed by atoms with Crippen LogP contribution in [0.15, 0.2) is 35.7 Å². The summed E-state index contributed by atoms with van der Waals surface area (Å²) in [6, 6.07) is 9.68. The molecule has 2 N–H and O–H groups in total. The summed E-state index contributed by atoms with van der Waals surface area (Å²) in [5.74, 6) is -0.0441. The Hall–Kier alpha value is -1.36. The molecule has 0 unspecified atom stereocenters. The molecule has 0 saturated heterocycles. The lowest BCUT2D eigenvalue weighted by Crippen LogP contribution is -2.14. The number of rotatable bonds is 5. The second kappa shape index (κ2) is 6.70. The predicted molar refractivity (Wildman–Crippen MR) is 80.6 cm³/mol. The predicted octanol–water partition coefficient (Wildman–Crippen LogP) is 3.65. The molecule has 0 saturated carbocycles. The molecule has 100 valence electrons. The number of amides is 1. The first-order valence-corrected chi connectivity index (χ1v) is 7.20. The largest absolute Gasteiger partial charge is 0.325 e. The first-order valence-electron chi connectivity index (χ1n) is 5.94. The highest BCUT2D eigenvalue weighted by Crippen LogP contribution is 2.22. The fourth-order valence-electron chi connectivity index (χ4n) is 1.70. The Bertz CT molecular complexity index is 551. The molecule has 0 aliphatic rings. The van der Waals surface area contributed by atoms with Gasteiger partial charge < -0.3 is 10.6 Å².